The van der Waals surface area contributed by atoms with Crippen molar-refractivity contribution in [1.82, 2.24) is 0 Å². The van der Waals surface area contributed by atoms with E-state index in [1.54, 1.807) is 12.1 Å². The molecular weight excluding hydrogens is 336 g/mol. The van der Waals surface area contributed by atoms with Crippen LogP contribution in [-0.4, -0.2) is 0 Å². The van der Waals surface area contributed by atoms with Crippen LogP contribution >= 0.6 is 0 Å². The van der Waals surface area contributed by atoms with E-state index in [9.17, 15) is 4.39 Å². The smallest absolute Gasteiger partial charge is 0.236 e. The summed E-state index contributed by atoms with van der Waals surface area (Å²) in [5.41, 5.74) is 1.19. The first kappa shape index (κ1) is 17.6. The molecule has 0 aromatic heterocycles. The van der Waals surface area contributed by atoms with Crippen LogP contribution in [0.1, 0.15) is 69.8 Å². The number of hydrogen-bond acceptors (Lipinski definition) is 0. The molecule has 0 aliphatic heterocycles. The molecule has 0 amide bonds. The van der Waals surface area contributed by atoms with E-state index in [0.717, 1.165) is 17.8 Å². The summed E-state index contributed by atoms with van der Waals surface area (Å²) in [5, 5.41) is 0. The summed E-state index contributed by atoms with van der Waals surface area (Å²) >= 11 is 0. The zero-order valence-electron chi connectivity index (χ0n) is 13.2. The molecule has 3 rings (SSSR count). The van der Waals surface area contributed by atoms with Gasteiger partial charge in [-0.05, 0) is 62.2 Å². The van der Waals surface area contributed by atoms with Gasteiger partial charge in [-0.1, -0.05) is 19.8 Å². The molecule has 2 aliphatic carbocycles. The molecule has 0 atom stereocenters. The van der Waals surface area contributed by atoms with Crippen molar-refractivity contribution in [2.45, 2.75) is 64.2 Å². The average molecular weight is 362 g/mol. The molecule has 0 heterocycles. The van der Waals surface area contributed by atoms with Gasteiger partial charge in [-0.2, -0.15) is 17.7 Å². The fourth-order valence-corrected chi connectivity index (χ4v) is 4.39. The van der Waals surface area contributed by atoms with Gasteiger partial charge in [0, 0.05) is 5.82 Å². The summed E-state index contributed by atoms with van der Waals surface area (Å²) in [6.07, 6.45) is 11.0. The number of rotatable bonds is 2. The van der Waals surface area contributed by atoms with Gasteiger partial charge in [0.25, 0.3) is 0 Å². The van der Waals surface area contributed by atoms with Gasteiger partial charge in [0.15, 0.2) is 0 Å². The number of benzene rings is 1. The van der Waals surface area contributed by atoms with Gasteiger partial charge in [0.2, 0.25) is 0 Å². The van der Waals surface area contributed by atoms with Gasteiger partial charge in [0.05, 0.1) is 0 Å². The SMILES string of the molecule is CC1CCC(C2CCC(c3cc[c-]c(F)c3)CC2)CC1.[Y+3]. The molecule has 1 aromatic carbocycles. The van der Waals surface area contributed by atoms with E-state index in [-0.39, 0.29) is 38.5 Å². The molecule has 0 spiro atoms. The zero-order chi connectivity index (χ0) is 13.9. The van der Waals surface area contributed by atoms with Crippen molar-refractivity contribution in [1.29, 1.82) is 0 Å². The first-order valence-electron chi connectivity index (χ1n) is 8.39. The Labute approximate surface area is 154 Å². The Morgan fingerprint density at radius 2 is 1.52 bits per heavy atom. The Hall–Kier alpha value is 0.254. The van der Waals surface area contributed by atoms with Crippen LogP contribution in [0.15, 0.2) is 18.2 Å². The van der Waals surface area contributed by atoms with E-state index in [1.807, 2.05) is 0 Å². The van der Waals surface area contributed by atoms with Gasteiger partial charge in [-0.25, -0.2) is 4.39 Å². The Bertz CT molecular complexity index is 429. The predicted molar refractivity (Wildman–Crippen MR) is 81.1 cm³/mol. The van der Waals surface area contributed by atoms with E-state index in [1.165, 1.54) is 56.9 Å². The monoisotopic (exact) mass is 362 g/mol. The quantitative estimate of drug-likeness (QED) is 0.590. The van der Waals surface area contributed by atoms with Crippen molar-refractivity contribution in [2.24, 2.45) is 17.8 Å². The normalized spacial score (nSPS) is 33.2. The molecule has 2 heteroatoms. The molecule has 0 unspecified atom stereocenters. The van der Waals surface area contributed by atoms with Crippen LogP contribution in [-0.2, 0) is 32.7 Å². The number of halogens is 1. The fraction of sp³-hybridized carbons (Fsp3) is 0.684. The van der Waals surface area contributed by atoms with E-state index in [4.69, 9.17) is 0 Å². The maximum atomic E-state index is 13.3. The molecule has 2 aliphatic rings. The first-order chi connectivity index (χ1) is 9.72. The zero-order valence-corrected chi connectivity index (χ0v) is 16.0. The van der Waals surface area contributed by atoms with Crippen LogP contribution in [0.5, 0.6) is 0 Å². The van der Waals surface area contributed by atoms with Crippen LogP contribution in [0.4, 0.5) is 4.39 Å². The summed E-state index contributed by atoms with van der Waals surface area (Å²) in [6, 6.07) is 8.08. The van der Waals surface area contributed by atoms with E-state index >= 15 is 0 Å². The van der Waals surface area contributed by atoms with Crippen LogP contribution < -0.4 is 0 Å². The van der Waals surface area contributed by atoms with Gasteiger partial charge in [-0.15, -0.1) is 12.1 Å². The largest absolute Gasteiger partial charge is 3.00 e. The second-order valence-corrected chi connectivity index (χ2v) is 7.10. The Kier molecular flexibility index (Phi) is 6.88. The number of hydrogen-bond donors (Lipinski definition) is 0. The van der Waals surface area contributed by atoms with Crippen molar-refractivity contribution < 1.29 is 37.1 Å². The second-order valence-electron chi connectivity index (χ2n) is 7.10. The maximum absolute atomic E-state index is 13.3. The van der Waals surface area contributed by atoms with Gasteiger partial charge < -0.3 is 0 Å². The minimum atomic E-state index is -0.203. The third-order valence-corrected chi connectivity index (χ3v) is 5.76. The van der Waals surface area contributed by atoms with Crippen molar-refractivity contribution in [3.8, 4) is 0 Å². The van der Waals surface area contributed by atoms with Gasteiger partial charge in [0.1, 0.15) is 0 Å². The van der Waals surface area contributed by atoms with Crippen LogP contribution in [0.25, 0.3) is 0 Å². The standard InChI is InChI=1S/C19H26F.Y/c1-14-5-7-15(8-6-14)16-9-11-17(12-10-16)18-3-2-4-19(20)13-18;/h2-3,13-17H,5-12H2,1H3;/q-1;+3. The molecule has 2 fully saturated rings. The molecule has 0 nitrogen and oxygen atoms in total. The summed E-state index contributed by atoms with van der Waals surface area (Å²) in [6.45, 7) is 2.40. The van der Waals surface area contributed by atoms with Crippen LogP contribution in [0.3, 0.4) is 0 Å². The van der Waals surface area contributed by atoms with Crippen molar-refractivity contribution in [3.05, 3.63) is 35.6 Å². The Morgan fingerprint density at radius 3 is 2.10 bits per heavy atom. The molecule has 110 valence electrons. The van der Waals surface area contributed by atoms with E-state index < -0.39 is 0 Å². The Balaban J connectivity index is 0.00000161. The summed E-state index contributed by atoms with van der Waals surface area (Å²) in [4.78, 5) is 0. The molecule has 2 saturated carbocycles. The Morgan fingerprint density at radius 1 is 0.952 bits per heavy atom. The third kappa shape index (κ3) is 4.61. The van der Waals surface area contributed by atoms with E-state index in [0.29, 0.717) is 5.92 Å². The molecule has 0 bridgehead atoms. The summed E-state index contributed by atoms with van der Waals surface area (Å²) in [5.74, 6) is 3.25. The van der Waals surface area contributed by atoms with Crippen molar-refractivity contribution in [3.63, 3.8) is 0 Å². The predicted octanol–water partition coefficient (Wildman–Crippen LogP) is 5.72. The van der Waals surface area contributed by atoms with Crippen LogP contribution in [0.2, 0.25) is 0 Å². The maximum Gasteiger partial charge on any atom is 3.00 e. The second kappa shape index (κ2) is 8.20. The van der Waals surface area contributed by atoms with Gasteiger partial charge >= 0.3 is 32.7 Å². The average Bonchev–Trinajstić information content (AvgIpc) is 2.48. The topological polar surface area (TPSA) is 0 Å². The minimum absolute atomic E-state index is 0. The summed E-state index contributed by atoms with van der Waals surface area (Å²) in [7, 11) is 0. The third-order valence-electron chi connectivity index (χ3n) is 5.76. The fourth-order valence-electron chi connectivity index (χ4n) is 4.39. The van der Waals surface area contributed by atoms with Crippen molar-refractivity contribution in [2.75, 3.05) is 0 Å². The molecule has 21 heavy (non-hydrogen) atoms. The summed E-state index contributed by atoms with van der Waals surface area (Å²) < 4.78 is 13.3. The first-order valence-corrected chi connectivity index (χ1v) is 8.39. The van der Waals surface area contributed by atoms with Gasteiger partial charge in [-0.3, -0.25) is 0 Å². The molecular formula is C19H26FY+2. The molecule has 0 saturated heterocycles. The van der Waals surface area contributed by atoms with Crippen molar-refractivity contribution >= 4 is 0 Å². The van der Waals surface area contributed by atoms with Crippen LogP contribution in [0, 0.1) is 29.6 Å². The molecule has 1 aromatic rings. The van der Waals surface area contributed by atoms with E-state index in [2.05, 4.69) is 19.1 Å². The molecule has 0 N–H and O–H groups in total. The molecule has 0 radical (unpaired) electrons. The minimum Gasteiger partial charge on any atom is -0.236 e.